The van der Waals surface area contributed by atoms with Gasteiger partial charge in [-0.15, -0.1) is 0 Å². The lowest BCUT2D eigenvalue weighted by Crippen LogP contribution is -2.38. The van der Waals surface area contributed by atoms with Gasteiger partial charge in [-0.2, -0.15) is 0 Å². The van der Waals surface area contributed by atoms with Crippen LogP contribution in [0.1, 0.15) is 12.0 Å². The maximum Gasteiger partial charge on any atom is 0.124 e. The summed E-state index contributed by atoms with van der Waals surface area (Å²) in [6.07, 6.45) is 0.369. The average Bonchev–Trinajstić information content (AvgIpc) is 2.69. The Morgan fingerprint density at radius 2 is 2.25 bits per heavy atom. The molecule has 0 spiro atoms. The quantitative estimate of drug-likeness (QED) is 0.575. The molecule has 2 atom stereocenters. The zero-order valence-corrected chi connectivity index (χ0v) is 12.6. The number of hydrogen-bond acceptors (Lipinski definition) is 4. The van der Waals surface area contributed by atoms with Crippen LogP contribution in [0, 0.1) is 5.41 Å². The van der Waals surface area contributed by atoms with E-state index in [-0.39, 0.29) is 18.0 Å². The zero-order chi connectivity index (χ0) is 14.9. The summed E-state index contributed by atoms with van der Waals surface area (Å²) in [7, 11) is 4.02. The van der Waals surface area contributed by atoms with Gasteiger partial charge >= 0.3 is 0 Å². The van der Waals surface area contributed by atoms with Crippen LogP contribution in [0.4, 0.5) is 5.69 Å². The maximum absolute atomic E-state index is 9.96. The van der Waals surface area contributed by atoms with Crippen molar-refractivity contribution in [2.45, 2.75) is 18.6 Å². The van der Waals surface area contributed by atoms with E-state index in [9.17, 15) is 5.11 Å². The largest absolute Gasteiger partial charge is 0.391 e. The number of aliphatic hydroxyl groups excluding tert-OH is 1. The van der Waals surface area contributed by atoms with Crippen molar-refractivity contribution in [2.24, 2.45) is 5.73 Å². The van der Waals surface area contributed by atoms with E-state index in [1.807, 2.05) is 20.2 Å². The molecule has 1 saturated heterocycles. The predicted molar refractivity (Wildman–Crippen MR) is 82.8 cm³/mol. The van der Waals surface area contributed by atoms with Crippen molar-refractivity contribution in [3.63, 3.8) is 0 Å². The van der Waals surface area contributed by atoms with Gasteiger partial charge in [0.15, 0.2) is 0 Å². The monoisotopic (exact) mass is 296 g/mol. The first-order valence-electron chi connectivity index (χ1n) is 6.62. The first-order chi connectivity index (χ1) is 9.38. The molecule has 1 aromatic rings. The Kier molecular flexibility index (Phi) is 4.52. The molecule has 1 heterocycles. The number of anilines is 1. The Bertz CT molecular complexity index is 506. The normalized spacial score (nSPS) is 22.6. The van der Waals surface area contributed by atoms with E-state index in [1.165, 1.54) is 0 Å². The molecule has 5 nitrogen and oxygen atoms in total. The number of nitrogens with one attached hydrogen (secondary N) is 1. The van der Waals surface area contributed by atoms with Crippen LogP contribution in [0.25, 0.3) is 0 Å². The van der Waals surface area contributed by atoms with Gasteiger partial charge in [0, 0.05) is 35.4 Å². The molecule has 2 unspecified atom stereocenters. The first-order valence-corrected chi connectivity index (χ1v) is 6.99. The summed E-state index contributed by atoms with van der Waals surface area (Å²) in [6.45, 7) is 1.40. The van der Waals surface area contributed by atoms with E-state index in [2.05, 4.69) is 9.80 Å². The summed E-state index contributed by atoms with van der Waals surface area (Å²) in [6, 6.07) is 5.58. The molecule has 1 aliphatic rings. The Labute approximate surface area is 124 Å². The molecular weight excluding hydrogens is 276 g/mol. The van der Waals surface area contributed by atoms with Gasteiger partial charge in [0.2, 0.25) is 0 Å². The maximum atomic E-state index is 9.96. The fourth-order valence-corrected chi connectivity index (χ4v) is 2.93. The van der Waals surface area contributed by atoms with Gasteiger partial charge in [0.25, 0.3) is 0 Å². The summed E-state index contributed by atoms with van der Waals surface area (Å²) in [5, 5.41) is 18.2. The molecule has 2 rings (SSSR count). The molecule has 1 fully saturated rings. The fourth-order valence-electron chi connectivity index (χ4n) is 2.76. The SMILES string of the molecule is CN(C)CC1CC(O)CN1c1ccc(Cl)cc1C(=N)N. The zero-order valence-electron chi connectivity index (χ0n) is 11.8. The lowest BCUT2D eigenvalue weighted by Gasteiger charge is -2.30. The van der Waals surface area contributed by atoms with E-state index in [0.29, 0.717) is 17.1 Å². The van der Waals surface area contributed by atoms with Crippen LogP contribution in [0.2, 0.25) is 5.02 Å². The highest BCUT2D eigenvalue weighted by Crippen LogP contribution is 2.30. The highest BCUT2D eigenvalue weighted by molar-refractivity contribution is 6.31. The number of hydrogen-bond donors (Lipinski definition) is 3. The number of nitrogens with two attached hydrogens (primary N) is 1. The van der Waals surface area contributed by atoms with E-state index in [4.69, 9.17) is 22.7 Å². The van der Waals surface area contributed by atoms with Gasteiger partial charge in [-0.1, -0.05) is 11.6 Å². The van der Waals surface area contributed by atoms with E-state index < -0.39 is 0 Å². The van der Waals surface area contributed by atoms with Crippen molar-refractivity contribution in [2.75, 3.05) is 32.1 Å². The van der Waals surface area contributed by atoms with Crippen molar-refractivity contribution >= 4 is 23.1 Å². The second kappa shape index (κ2) is 5.99. The van der Waals surface area contributed by atoms with Crippen molar-refractivity contribution in [3.05, 3.63) is 28.8 Å². The molecule has 1 aromatic carbocycles. The third kappa shape index (κ3) is 3.23. The standard InChI is InChI=1S/C14H21ClN4O/c1-18(2)7-10-6-11(20)8-19(10)13-4-3-9(15)5-12(13)14(16)17/h3-5,10-11,20H,6-8H2,1-2H3,(H3,16,17). The number of β-amino-alcohol motifs (C(OH)–C–C–N with tert-alkyl or cyclic N) is 1. The fraction of sp³-hybridized carbons (Fsp3) is 0.500. The lowest BCUT2D eigenvalue weighted by molar-refractivity contribution is 0.191. The van der Waals surface area contributed by atoms with Gasteiger partial charge in [-0.05, 0) is 38.7 Å². The summed E-state index contributed by atoms with van der Waals surface area (Å²) in [4.78, 5) is 4.22. The number of halogens is 1. The highest BCUT2D eigenvalue weighted by atomic mass is 35.5. The van der Waals surface area contributed by atoms with E-state index in [1.54, 1.807) is 12.1 Å². The van der Waals surface area contributed by atoms with Crippen LogP contribution < -0.4 is 10.6 Å². The third-order valence-electron chi connectivity index (χ3n) is 3.53. The predicted octanol–water partition coefficient (Wildman–Crippen LogP) is 1.13. The minimum Gasteiger partial charge on any atom is -0.391 e. The van der Waals surface area contributed by atoms with Gasteiger partial charge < -0.3 is 20.6 Å². The minimum absolute atomic E-state index is 0.00695. The molecule has 110 valence electrons. The first kappa shape index (κ1) is 15.1. The van der Waals surface area contributed by atoms with Crippen molar-refractivity contribution in [1.29, 1.82) is 5.41 Å². The Hall–Kier alpha value is -1.30. The number of aliphatic hydroxyl groups is 1. The number of likely N-dealkylation sites (N-methyl/N-ethyl adjacent to an activating group) is 1. The van der Waals surface area contributed by atoms with Crippen LogP contribution >= 0.6 is 11.6 Å². The molecule has 1 aliphatic heterocycles. The van der Waals surface area contributed by atoms with Crippen LogP contribution in [-0.2, 0) is 0 Å². The molecule has 0 aromatic heterocycles. The average molecular weight is 297 g/mol. The van der Waals surface area contributed by atoms with Gasteiger partial charge in [-0.25, -0.2) is 0 Å². The van der Waals surface area contributed by atoms with E-state index in [0.717, 1.165) is 18.7 Å². The molecule has 20 heavy (non-hydrogen) atoms. The second-order valence-corrected chi connectivity index (χ2v) is 5.97. The van der Waals surface area contributed by atoms with Crippen molar-refractivity contribution in [3.8, 4) is 0 Å². The van der Waals surface area contributed by atoms with Crippen LogP contribution in [0.5, 0.6) is 0 Å². The summed E-state index contributed by atoms with van der Waals surface area (Å²) < 4.78 is 0. The van der Waals surface area contributed by atoms with Crippen molar-refractivity contribution < 1.29 is 5.11 Å². The molecule has 6 heteroatoms. The molecule has 0 saturated carbocycles. The molecule has 0 amide bonds. The number of nitrogens with zero attached hydrogens (tertiary/aromatic N) is 2. The summed E-state index contributed by atoms with van der Waals surface area (Å²) in [5.41, 5.74) is 7.14. The Morgan fingerprint density at radius 3 is 2.85 bits per heavy atom. The topological polar surface area (TPSA) is 76.6 Å². The van der Waals surface area contributed by atoms with E-state index >= 15 is 0 Å². The van der Waals surface area contributed by atoms with Gasteiger partial charge in [-0.3, -0.25) is 5.41 Å². The molecular formula is C14H21ClN4O. The Morgan fingerprint density at radius 1 is 1.55 bits per heavy atom. The third-order valence-corrected chi connectivity index (χ3v) is 3.76. The van der Waals surface area contributed by atoms with Crippen LogP contribution in [0.15, 0.2) is 18.2 Å². The number of nitrogen functional groups attached to an aromatic ring is 1. The smallest absolute Gasteiger partial charge is 0.124 e. The highest BCUT2D eigenvalue weighted by Gasteiger charge is 2.32. The van der Waals surface area contributed by atoms with Crippen LogP contribution in [0.3, 0.4) is 0 Å². The minimum atomic E-state index is -0.351. The Balaban J connectivity index is 2.36. The molecule has 0 radical (unpaired) electrons. The lowest BCUT2D eigenvalue weighted by atomic mass is 10.1. The number of benzene rings is 1. The van der Waals surface area contributed by atoms with Gasteiger partial charge in [0.1, 0.15) is 5.84 Å². The molecule has 0 bridgehead atoms. The molecule has 0 aliphatic carbocycles. The van der Waals surface area contributed by atoms with Crippen molar-refractivity contribution in [1.82, 2.24) is 4.90 Å². The second-order valence-electron chi connectivity index (χ2n) is 5.53. The summed E-state index contributed by atoms with van der Waals surface area (Å²) in [5.74, 6) is -0.00695. The van der Waals surface area contributed by atoms with Crippen LogP contribution in [-0.4, -0.2) is 55.2 Å². The molecule has 4 N–H and O–H groups in total. The van der Waals surface area contributed by atoms with Gasteiger partial charge in [0.05, 0.1) is 6.10 Å². The number of rotatable bonds is 4. The summed E-state index contributed by atoms with van der Waals surface area (Å²) >= 11 is 5.99. The number of amidine groups is 1.